The van der Waals surface area contributed by atoms with E-state index in [1.54, 1.807) is 0 Å². The van der Waals surface area contributed by atoms with Crippen molar-refractivity contribution in [2.24, 2.45) is 11.7 Å². The van der Waals surface area contributed by atoms with Crippen LogP contribution in [0.5, 0.6) is 0 Å². The van der Waals surface area contributed by atoms with Crippen molar-refractivity contribution >= 4 is 0 Å². The Morgan fingerprint density at radius 1 is 1.33 bits per heavy atom. The van der Waals surface area contributed by atoms with Crippen LogP contribution in [0.2, 0.25) is 0 Å². The maximum absolute atomic E-state index is 6.48. The zero-order chi connectivity index (χ0) is 12.6. The van der Waals surface area contributed by atoms with Crippen LogP contribution in [0.1, 0.15) is 32.1 Å². The van der Waals surface area contributed by atoms with Crippen molar-refractivity contribution in [2.75, 3.05) is 33.4 Å². The number of ether oxygens (including phenoxy) is 2. The monoisotopic (exact) mass is 254 g/mol. The lowest BCUT2D eigenvalue weighted by Crippen LogP contribution is -2.56. The molecule has 4 nitrogen and oxygen atoms in total. The summed E-state index contributed by atoms with van der Waals surface area (Å²) in [5.41, 5.74) is 6.67. The summed E-state index contributed by atoms with van der Waals surface area (Å²) < 4.78 is 11.9. The highest BCUT2D eigenvalue weighted by Gasteiger charge is 2.45. The molecule has 0 aromatic rings. The van der Waals surface area contributed by atoms with Crippen LogP contribution in [0.25, 0.3) is 0 Å². The summed E-state index contributed by atoms with van der Waals surface area (Å²) in [7, 11) is 2.15. The molecule has 2 saturated heterocycles. The van der Waals surface area contributed by atoms with E-state index in [-0.39, 0.29) is 17.7 Å². The van der Waals surface area contributed by atoms with Crippen molar-refractivity contribution < 1.29 is 9.47 Å². The van der Waals surface area contributed by atoms with Crippen molar-refractivity contribution in [3.63, 3.8) is 0 Å². The average Bonchev–Trinajstić information content (AvgIpc) is 2.36. The summed E-state index contributed by atoms with van der Waals surface area (Å²) in [4.78, 5) is 2.33. The third kappa shape index (κ3) is 2.44. The van der Waals surface area contributed by atoms with Gasteiger partial charge in [0, 0.05) is 25.7 Å². The fourth-order valence-corrected chi connectivity index (χ4v) is 3.66. The average molecular weight is 254 g/mol. The lowest BCUT2D eigenvalue weighted by atomic mass is 9.70. The molecule has 2 N–H and O–H groups in total. The second-order valence-corrected chi connectivity index (χ2v) is 6.39. The van der Waals surface area contributed by atoms with Gasteiger partial charge >= 0.3 is 0 Å². The molecule has 2 heterocycles. The third-order valence-electron chi connectivity index (χ3n) is 5.07. The van der Waals surface area contributed by atoms with E-state index in [2.05, 4.69) is 11.9 Å². The Morgan fingerprint density at radius 3 is 2.83 bits per heavy atom. The fraction of sp³-hybridized carbons (Fsp3) is 1.00. The molecule has 0 bridgehead atoms. The number of morpholine rings is 1. The Morgan fingerprint density at radius 2 is 2.17 bits per heavy atom. The van der Waals surface area contributed by atoms with E-state index in [1.165, 1.54) is 19.3 Å². The van der Waals surface area contributed by atoms with Crippen molar-refractivity contribution in [2.45, 2.75) is 49.9 Å². The molecule has 2 aliphatic heterocycles. The molecular weight excluding hydrogens is 228 g/mol. The molecule has 0 aromatic heterocycles. The van der Waals surface area contributed by atoms with E-state index >= 15 is 0 Å². The maximum atomic E-state index is 6.48. The molecule has 3 unspecified atom stereocenters. The van der Waals surface area contributed by atoms with Crippen LogP contribution in [0.15, 0.2) is 0 Å². The molecule has 1 spiro atoms. The number of nitrogens with zero attached hydrogens (tertiary/aromatic N) is 1. The van der Waals surface area contributed by atoms with Crippen molar-refractivity contribution in [1.29, 1.82) is 0 Å². The highest BCUT2D eigenvalue weighted by Crippen LogP contribution is 2.45. The summed E-state index contributed by atoms with van der Waals surface area (Å²) >= 11 is 0. The predicted molar refractivity (Wildman–Crippen MR) is 70.5 cm³/mol. The van der Waals surface area contributed by atoms with Crippen molar-refractivity contribution in [1.82, 2.24) is 4.90 Å². The van der Waals surface area contributed by atoms with Gasteiger partial charge in [-0.15, -0.1) is 0 Å². The smallest absolute Gasteiger partial charge is 0.0855 e. The van der Waals surface area contributed by atoms with Crippen LogP contribution in [0.4, 0.5) is 0 Å². The number of hydrogen-bond acceptors (Lipinski definition) is 4. The summed E-state index contributed by atoms with van der Waals surface area (Å²) in [5.74, 6) is 0.579. The number of likely N-dealkylation sites (N-methyl/N-ethyl adjacent to an activating group) is 1. The Bertz CT molecular complexity index is 294. The van der Waals surface area contributed by atoms with Gasteiger partial charge in [-0.3, -0.25) is 0 Å². The van der Waals surface area contributed by atoms with Gasteiger partial charge in [0.25, 0.3) is 0 Å². The van der Waals surface area contributed by atoms with Gasteiger partial charge in [0.2, 0.25) is 0 Å². The number of nitrogens with two attached hydrogens (primary N) is 1. The van der Waals surface area contributed by atoms with E-state index < -0.39 is 0 Å². The molecule has 0 aromatic carbocycles. The van der Waals surface area contributed by atoms with E-state index in [0.29, 0.717) is 5.92 Å². The second kappa shape index (κ2) is 5.08. The molecule has 0 amide bonds. The van der Waals surface area contributed by atoms with E-state index in [1.807, 2.05) is 0 Å². The molecule has 18 heavy (non-hydrogen) atoms. The first kappa shape index (κ1) is 12.9. The summed E-state index contributed by atoms with van der Waals surface area (Å²) in [6, 6.07) is 0.175. The standard InChI is InChI=1S/C14H26N2O2/c1-16-6-8-17-12(10-16)13(15)11-3-7-18-14(9-11)4-2-5-14/h11-13H,2-10,15H2,1H3. The highest BCUT2D eigenvalue weighted by molar-refractivity contribution is 4.98. The SMILES string of the molecule is CN1CCOC(C(N)C2CCOC3(CCC3)C2)C1. The van der Waals surface area contributed by atoms with Gasteiger partial charge in [-0.2, -0.15) is 0 Å². The summed E-state index contributed by atoms with van der Waals surface area (Å²) in [5, 5.41) is 0. The van der Waals surface area contributed by atoms with E-state index in [9.17, 15) is 0 Å². The topological polar surface area (TPSA) is 47.7 Å². The molecule has 104 valence electrons. The molecule has 0 radical (unpaired) electrons. The van der Waals surface area contributed by atoms with Crippen LogP contribution in [-0.4, -0.2) is 56.0 Å². The molecule has 1 aliphatic carbocycles. The normalized spacial score (nSPS) is 38.3. The van der Waals surface area contributed by atoms with Crippen LogP contribution in [0.3, 0.4) is 0 Å². The first-order chi connectivity index (χ1) is 8.69. The van der Waals surface area contributed by atoms with Crippen molar-refractivity contribution in [3.05, 3.63) is 0 Å². The minimum Gasteiger partial charge on any atom is -0.375 e. The Labute approximate surface area is 110 Å². The van der Waals surface area contributed by atoms with Crippen LogP contribution < -0.4 is 5.73 Å². The molecule has 3 aliphatic rings. The van der Waals surface area contributed by atoms with Gasteiger partial charge in [0.05, 0.1) is 18.3 Å². The first-order valence-electron chi connectivity index (χ1n) is 7.38. The lowest BCUT2D eigenvalue weighted by Gasteiger charge is -2.49. The number of rotatable bonds is 2. The summed E-state index contributed by atoms with van der Waals surface area (Å²) in [6.07, 6.45) is 6.27. The van der Waals surface area contributed by atoms with Crippen molar-refractivity contribution in [3.8, 4) is 0 Å². The van der Waals surface area contributed by atoms with Gasteiger partial charge in [0.15, 0.2) is 0 Å². The van der Waals surface area contributed by atoms with Gasteiger partial charge in [0.1, 0.15) is 0 Å². The Balaban J connectivity index is 1.59. The lowest BCUT2D eigenvalue weighted by molar-refractivity contribution is -0.153. The fourth-order valence-electron chi connectivity index (χ4n) is 3.66. The molecule has 1 saturated carbocycles. The molecule has 3 fully saturated rings. The maximum Gasteiger partial charge on any atom is 0.0855 e. The van der Waals surface area contributed by atoms with Crippen LogP contribution in [0, 0.1) is 5.92 Å². The van der Waals surface area contributed by atoms with E-state index in [0.717, 1.165) is 39.1 Å². The van der Waals surface area contributed by atoms with Crippen LogP contribution in [-0.2, 0) is 9.47 Å². The van der Waals surface area contributed by atoms with Gasteiger partial charge in [-0.1, -0.05) is 0 Å². The van der Waals surface area contributed by atoms with Crippen LogP contribution >= 0.6 is 0 Å². The summed E-state index contributed by atoms with van der Waals surface area (Å²) in [6.45, 7) is 3.72. The zero-order valence-corrected chi connectivity index (χ0v) is 11.4. The molecular formula is C14H26N2O2. The molecule has 3 rings (SSSR count). The first-order valence-corrected chi connectivity index (χ1v) is 7.38. The highest BCUT2D eigenvalue weighted by atomic mass is 16.5. The van der Waals surface area contributed by atoms with E-state index in [4.69, 9.17) is 15.2 Å². The van der Waals surface area contributed by atoms with Gasteiger partial charge < -0.3 is 20.1 Å². The zero-order valence-electron chi connectivity index (χ0n) is 11.4. The minimum absolute atomic E-state index is 0.175. The third-order valence-corrected chi connectivity index (χ3v) is 5.07. The molecule has 4 heteroatoms. The second-order valence-electron chi connectivity index (χ2n) is 6.39. The quantitative estimate of drug-likeness (QED) is 0.798. The largest absolute Gasteiger partial charge is 0.375 e. The number of hydrogen-bond donors (Lipinski definition) is 1. The predicted octanol–water partition coefficient (Wildman–Crippen LogP) is 0.994. The van der Waals surface area contributed by atoms with Gasteiger partial charge in [-0.05, 0) is 45.1 Å². The van der Waals surface area contributed by atoms with Gasteiger partial charge in [-0.25, -0.2) is 0 Å². The minimum atomic E-state index is 0.175. The Kier molecular flexibility index (Phi) is 3.63. The Hall–Kier alpha value is -0.160. The molecule has 3 atom stereocenters.